The zero-order chi connectivity index (χ0) is 24.9. The molecular formula is C19H29N3O10S. The fourth-order valence-corrected chi connectivity index (χ4v) is 4.44. The van der Waals surface area contributed by atoms with E-state index in [4.69, 9.17) is 19.7 Å². The molecule has 1 fully saturated rings. The van der Waals surface area contributed by atoms with Crippen molar-refractivity contribution in [2.75, 3.05) is 6.61 Å². The maximum Gasteiger partial charge on any atom is 0.326 e. The molecule has 0 aromatic heterocycles. The summed E-state index contributed by atoms with van der Waals surface area (Å²) in [5, 5.41) is 43.2. The molecule has 13 nitrogen and oxygen atoms in total. The van der Waals surface area contributed by atoms with Crippen molar-refractivity contribution in [3.05, 3.63) is 0 Å². The number of carboxylic acid groups (broad SMARTS) is 2. The second-order valence-electron chi connectivity index (χ2n) is 7.78. The summed E-state index contributed by atoms with van der Waals surface area (Å²) in [6, 6.07) is -3.16. The minimum absolute atomic E-state index is 0.315. The highest BCUT2D eigenvalue weighted by atomic mass is 32.2. The lowest BCUT2D eigenvalue weighted by molar-refractivity contribution is -0.193. The number of thioether (sulfide) groups is 1. The Kier molecular flexibility index (Phi) is 9.60. The first-order valence-corrected chi connectivity index (χ1v) is 11.2. The van der Waals surface area contributed by atoms with Crippen molar-refractivity contribution in [3.63, 3.8) is 0 Å². The van der Waals surface area contributed by atoms with Gasteiger partial charge in [0.05, 0.1) is 11.7 Å². The third kappa shape index (κ3) is 7.11. The summed E-state index contributed by atoms with van der Waals surface area (Å²) in [6.45, 7) is 4.06. The molecule has 33 heavy (non-hydrogen) atoms. The standard InChI is InChI=1S/C19H29N3O10S/c1-7(16(27)22-10(18(29)30)4-5-12(24)25)20-17(28)8(2)31-15-13-19(33-9(3)21-13)32-11(6-23)14(15)26/h7-8,10-11,13-15,19,23,26H,4-6H2,1-3H3,(H,20,28)(H,22,27)(H,24,25)(H,29,30)/t7-,8+,10+,11+,13+,14+,15+,19+/m0/s1. The van der Waals surface area contributed by atoms with E-state index in [9.17, 15) is 29.4 Å². The Morgan fingerprint density at radius 3 is 2.42 bits per heavy atom. The van der Waals surface area contributed by atoms with Crippen molar-refractivity contribution in [3.8, 4) is 0 Å². The van der Waals surface area contributed by atoms with Crippen LogP contribution in [-0.2, 0) is 28.7 Å². The summed E-state index contributed by atoms with van der Waals surface area (Å²) in [7, 11) is 0. The van der Waals surface area contributed by atoms with E-state index < -0.39 is 84.8 Å². The molecule has 0 spiro atoms. The molecule has 1 saturated heterocycles. The summed E-state index contributed by atoms with van der Waals surface area (Å²) < 4.78 is 11.4. The predicted molar refractivity (Wildman–Crippen MR) is 115 cm³/mol. The molecular weight excluding hydrogens is 462 g/mol. The highest BCUT2D eigenvalue weighted by molar-refractivity contribution is 8.14. The Labute approximate surface area is 193 Å². The number of aliphatic hydroxyl groups excluding tert-OH is 2. The van der Waals surface area contributed by atoms with Crippen LogP contribution in [0.3, 0.4) is 0 Å². The highest BCUT2D eigenvalue weighted by Gasteiger charge is 2.49. The topological polar surface area (TPSA) is 204 Å². The van der Waals surface area contributed by atoms with Crippen LogP contribution in [0.4, 0.5) is 0 Å². The van der Waals surface area contributed by atoms with E-state index in [1.807, 2.05) is 0 Å². The Hall–Kier alpha value is -2.26. The number of fused-ring (bicyclic) bond motifs is 1. The molecule has 0 aromatic rings. The predicted octanol–water partition coefficient (Wildman–Crippen LogP) is -1.69. The van der Waals surface area contributed by atoms with Crippen LogP contribution < -0.4 is 10.6 Å². The van der Waals surface area contributed by atoms with Gasteiger partial charge in [-0.25, -0.2) is 4.79 Å². The summed E-state index contributed by atoms with van der Waals surface area (Å²) in [5.41, 5.74) is -0.478. The maximum atomic E-state index is 12.6. The van der Waals surface area contributed by atoms with Gasteiger partial charge in [0.15, 0.2) is 0 Å². The van der Waals surface area contributed by atoms with E-state index in [0.29, 0.717) is 5.04 Å². The number of hydrogen-bond donors (Lipinski definition) is 6. The second-order valence-corrected chi connectivity index (χ2v) is 9.07. The number of aliphatic imine (C=N–C) groups is 1. The number of carbonyl (C=O) groups excluding carboxylic acids is 2. The Morgan fingerprint density at radius 2 is 1.85 bits per heavy atom. The third-order valence-corrected chi connectivity index (χ3v) is 6.25. The molecule has 2 heterocycles. The molecule has 2 rings (SSSR count). The molecule has 2 aliphatic rings. The van der Waals surface area contributed by atoms with Gasteiger partial charge in [0.25, 0.3) is 0 Å². The number of ether oxygens (including phenoxy) is 2. The Morgan fingerprint density at radius 1 is 1.18 bits per heavy atom. The first kappa shape index (κ1) is 27.0. The SMILES string of the molecule is CC1=N[C@@H]2[C@@H](O[C@H](C)C(=O)N[C@@H](C)C(=O)N[C@H](CCC(=O)O)C(=O)O)[C@H](O)[C@@H](CO)O[C@@H]2S1. The number of aliphatic hydroxyl groups is 2. The van der Waals surface area contributed by atoms with Gasteiger partial charge in [-0.15, -0.1) is 0 Å². The van der Waals surface area contributed by atoms with E-state index in [-0.39, 0.29) is 6.42 Å². The summed E-state index contributed by atoms with van der Waals surface area (Å²) in [4.78, 5) is 51.1. The largest absolute Gasteiger partial charge is 0.481 e. The highest BCUT2D eigenvalue weighted by Crippen LogP contribution is 2.37. The van der Waals surface area contributed by atoms with Gasteiger partial charge in [-0.2, -0.15) is 0 Å². The van der Waals surface area contributed by atoms with Gasteiger partial charge < -0.3 is 40.5 Å². The minimum atomic E-state index is -1.42. The van der Waals surface area contributed by atoms with E-state index in [2.05, 4.69) is 15.6 Å². The van der Waals surface area contributed by atoms with Crippen molar-refractivity contribution in [2.45, 2.75) is 81.6 Å². The summed E-state index contributed by atoms with van der Waals surface area (Å²) >= 11 is 1.33. The fourth-order valence-electron chi connectivity index (χ4n) is 3.37. The number of aliphatic carboxylic acids is 2. The number of hydrogen-bond acceptors (Lipinski definition) is 10. The zero-order valence-electron chi connectivity index (χ0n) is 18.3. The number of nitrogens with zero attached hydrogens (tertiary/aromatic N) is 1. The lowest BCUT2D eigenvalue weighted by Crippen LogP contribution is -2.59. The minimum Gasteiger partial charge on any atom is -0.481 e. The molecule has 0 aromatic carbocycles. The molecule has 2 aliphatic heterocycles. The van der Waals surface area contributed by atoms with Gasteiger partial charge >= 0.3 is 11.9 Å². The molecule has 8 atom stereocenters. The number of amides is 2. The molecule has 2 amide bonds. The van der Waals surface area contributed by atoms with Gasteiger partial charge in [-0.1, -0.05) is 11.8 Å². The molecule has 6 N–H and O–H groups in total. The van der Waals surface area contributed by atoms with Crippen LogP contribution in [0.2, 0.25) is 0 Å². The van der Waals surface area contributed by atoms with Crippen LogP contribution >= 0.6 is 11.8 Å². The average molecular weight is 492 g/mol. The van der Waals surface area contributed by atoms with E-state index in [1.54, 1.807) is 6.92 Å². The van der Waals surface area contributed by atoms with Crippen molar-refractivity contribution < 1.29 is 49.1 Å². The van der Waals surface area contributed by atoms with E-state index in [1.165, 1.54) is 25.6 Å². The zero-order valence-corrected chi connectivity index (χ0v) is 19.2. The normalized spacial score (nSPS) is 29.2. The molecule has 0 aliphatic carbocycles. The van der Waals surface area contributed by atoms with Gasteiger partial charge in [-0.05, 0) is 27.2 Å². The van der Waals surface area contributed by atoms with Crippen LogP contribution in [0.25, 0.3) is 0 Å². The van der Waals surface area contributed by atoms with Crippen LogP contribution in [0.1, 0.15) is 33.6 Å². The quantitative estimate of drug-likeness (QED) is 0.192. The van der Waals surface area contributed by atoms with E-state index >= 15 is 0 Å². The number of nitrogens with one attached hydrogen (secondary N) is 2. The van der Waals surface area contributed by atoms with Crippen molar-refractivity contribution in [1.29, 1.82) is 0 Å². The first-order valence-electron chi connectivity index (χ1n) is 10.3. The molecule has 186 valence electrons. The molecule has 0 bridgehead atoms. The Bertz CT molecular complexity index is 794. The lowest BCUT2D eigenvalue weighted by Gasteiger charge is -2.40. The van der Waals surface area contributed by atoms with Crippen LogP contribution in [0, 0.1) is 0 Å². The third-order valence-electron chi connectivity index (χ3n) is 5.18. The second kappa shape index (κ2) is 11.7. The molecule has 0 unspecified atom stereocenters. The summed E-state index contributed by atoms with van der Waals surface area (Å²) in [6.07, 6.45) is -4.99. The van der Waals surface area contributed by atoms with E-state index in [0.717, 1.165) is 0 Å². The van der Waals surface area contributed by atoms with Crippen molar-refractivity contribution >= 4 is 40.6 Å². The van der Waals surface area contributed by atoms with Gasteiger partial charge in [0, 0.05) is 6.42 Å². The number of rotatable bonds is 11. The Balaban J connectivity index is 1.96. The summed E-state index contributed by atoms with van der Waals surface area (Å²) in [5.74, 6) is -4.11. The van der Waals surface area contributed by atoms with Gasteiger partial charge in [0.2, 0.25) is 11.8 Å². The van der Waals surface area contributed by atoms with Gasteiger partial charge in [0.1, 0.15) is 48.0 Å². The van der Waals surface area contributed by atoms with Crippen LogP contribution in [0.15, 0.2) is 4.99 Å². The number of carbonyl (C=O) groups is 4. The first-order chi connectivity index (χ1) is 15.4. The molecule has 0 radical (unpaired) electrons. The smallest absolute Gasteiger partial charge is 0.326 e. The lowest BCUT2D eigenvalue weighted by atomic mass is 9.98. The van der Waals surface area contributed by atoms with Crippen molar-refractivity contribution in [2.24, 2.45) is 4.99 Å². The monoisotopic (exact) mass is 491 g/mol. The molecule has 14 heteroatoms. The van der Waals surface area contributed by atoms with Gasteiger partial charge in [-0.3, -0.25) is 19.4 Å². The fraction of sp³-hybridized carbons (Fsp3) is 0.737. The average Bonchev–Trinajstić information content (AvgIpc) is 3.11. The van der Waals surface area contributed by atoms with Crippen molar-refractivity contribution in [1.82, 2.24) is 10.6 Å². The maximum absolute atomic E-state index is 12.6. The number of carboxylic acids is 2. The molecule has 0 saturated carbocycles. The van der Waals surface area contributed by atoms with Crippen LogP contribution in [-0.4, -0.2) is 104 Å². The van der Waals surface area contributed by atoms with Crippen LogP contribution in [0.5, 0.6) is 0 Å².